The summed E-state index contributed by atoms with van der Waals surface area (Å²) >= 11 is 7.16. The zero-order valence-corrected chi connectivity index (χ0v) is 8.11. The van der Waals surface area contributed by atoms with Gasteiger partial charge in [-0.05, 0) is 6.92 Å². The van der Waals surface area contributed by atoms with Gasteiger partial charge in [0, 0.05) is 0 Å². The molecule has 12 heavy (non-hydrogen) atoms. The molecule has 2 rings (SSSR count). The average molecular weight is 206 g/mol. The van der Waals surface area contributed by atoms with Crippen molar-refractivity contribution in [2.45, 2.75) is 13.2 Å². The monoisotopic (exact) mass is 205 g/mol. The minimum absolute atomic E-state index is 0.241. The fourth-order valence-electron chi connectivity index (χ4n) is 1.10. The molecule has 66 valence electrons. The number of aryl methyl sites for hydroxylation is 1. The number of thiazole rings is 1. The Labute approximate surface area is 79.3 Å². The topological polar surface area (TPSA) is 31.4 Å². The summed E-state index contributed by atoms with van der Waals surface area (Å²) in [6, 6.07) is 0. The van der Waals surface area contributed by atoms with Crippen LogP contribution in [0.5, 0.6) is 0 Å². The van der Waals surface area contributed by atoms with E-state index in [0.29, 0.717) is 17.7 Å². The van der Waals surface area contributed by atoms with Crippen molar-refractivity contribution in [3.05, 3.63) is 15.0 Å². The van der Waals surface area contributed by atoms with Crippen molar-refractivity contribution < 1.29 is 9.47 Å². The standard InChI is InChI=1S/C7H8ClNO2S/c1-4-5(12-7(8)9-4)6-10-2-3-11-6/h6H,2-3H2,1H3. The molecule has 0 aromatic carbocycles. The fraction of sp³-hybridized carbons (Fsp3) is 0.571. The minimum Gasteiger partial charge on any atom is -0.345 e. The molecule has 3 nitrogen and oxygen atoms in total. The van der Waals surface area contributed by atoms with Gasteiger partial charge < -0.3 is 9.47 Å². The number of nitrogens with zero attached hydrogens (tertiary/aromatic N) is 1. The second-order valence-corrected chi connectivity index (χ2v) is 4.10. The zero-order valence-electron chi connectivity index (χ0n) is 6.54. The van der Waals surface area contributed by atoms with Gasteiger partial charge in [0.25, 0.3) is 0 Å². The molecule has 0 aliphatic carbocycles. The predicted octanol–water partition coefficient (Wildman–Crippen LogP) is 2.15. The quantitative estimate of drug-likeness (QED) is 0.704. The average Bonchev–Trinajstić information content (AvgIpc) is 2.58. The third-order valence-corrected chi connectivity index (χ3v) is 2.93. The molecule has 0 atom stereocenters. The van der Waals surface area contributed by atoms with Gasteiger partial charge in [0.2, 0.25) is 0 Å². The summed E-state index contributed by atoms with van der Waals surface area (Å²) in [6.45, 7) is 3.21. The maximum atomic E-state index is 5.74. The summed E-state index contributed by atoms with van der Waals surface area (Å²) in [5.74, 6) is 0. The summed E-state index contributed by atoms with van der Waals surface area (Å²) in [6.07, 6.45) is -0.241. The van der Waals surface area contributed by atoms with Crippen LogP contribution in [0.15, 0.2) is 0 Å². The Morgan fingerprint density at radius 2 is 2.17 bits per heavy atom. The van der Waals surface area contributed by atoms with Crippen LogP contribution in [0.4, 0.5) is 0 Å². The van der Waals surface area contributed by atoms with Crippen LogP contribution in [0, 0.1) is 6.92 Å². The first-order valence-electron chi connectivity index (χ1n) is 3.63. The first kappa shape index (κ1) is 8.44. The van der Waals surface area contributed by atoms with Crippen molar-refractivity contribution >= 4 is 22.9 Å². The maximum absolute atomic E-state index is 5.74. The van der Waals surface area contributed by atoms with Crippen LogP contribution in [0.1, 0.15) is 16.9 Å². The van der Waals surface area contributed by atoms with Crippen LogP contribution in [-0.4, -0.2) is 18.2 Å². The highest BCUT2D eigenvalue weighted by molar-refractivity contribution is 7.15. The molecule has 1 saturated heterocycles. The largest absolute Gasteiger partial charge is 0.345 e. The third-order valence-electron chi connectivity index (χ3n) is 1.64. The van der Waals surface area contributed by atoms with Gasteiger partial charge in [0.1, 0.15) is 0 Å². The molecule has 0 unspecified atom stereocenters. The summed E-state index contributed by atoms with van der Waals surface area (Å²) in [5.41, 5.74) is 0.900. The number of hydrogen-bond acceptors (Lipinski definition) is 4. The van der Waals surface area contributed by atoms with E-state index in [1.54, 1.807) is 0 Å². The summed E-state index contributed by atoms with van der Waals surface area (Å²) < 4.78 is 11.2. The highest BCUT2D eigenvalue weighted by Crippen LogP contribution is 2.32. The highest BCUT2D eigenvalue weighted by atomic mass is 35.5. The van der Waals surface area contributed by atoms with Crippen molar-refractivity contribution in [3.8, 4) is 0 Å². The third kappa shape index (κ3) is 1.47. The Morgan fingerprint density at radius 1 is 1.50 bits per heavy atom. The van der Waals surface area contributed by atoms with E-state index in [9.17, 15) is 0 Å². The molecule has 1 aliphatic rings. The first-order valence-corrected chi connectivity index (χ1v) is 4.83. The molecular weight excluding hydrogens is 198 g/mol. The van der Waals surface area contributed by atoms with Crippen LogP contribution >= 0.6 is 22.9 Å². The molecule has 1 aromatic heterocycles. The van der Waals surface area contributed by atoms with E-state index in [-0.39, 0.29) is 6.29 Å². The second kappa shape index (κ2) is 3.30. The number of aromatic nitrogens is 1. The van der Waals surface area contributed by atoms with E-state index < -0.39 is 0 Å². The number of hydrogen-bond donors (Lipinski definition) is 0. The van der Waals surface area contributed by atoms with Gasteiger partial charge >= 0.3 is 0 Å². The van der Waals surface area contributed by atoms with Crippen molar-refractivity contribution in [2.75, 3.05) is 13.2 Å². The van der Waals surface area contributed by atoms with E-state index in [2.05, 4.69) is 4.98 Å². The van der Waals surface area contributed by atoms with Gasteiger partial charge in [0.15, 0.2) is 10.8 Å². The second-order valence-electron chi connectivity index (χ2n) is 2.49. The lowest BCUT2D eigenvalue weighted by Crippen LogP contribution is -1.96. The molecule has 0 saturated carbocycles. The number of rotatable bonds is 1. The van der Waals surface area contributed by atoms with Crippen LogP contribution in [0.3, 0.4) is 0 Å². The first-order chi connectivity index (χ1) is 5.77. The lowest BCUT2D eigenvalue weighted by molar-refractivity contribution is -0.0418. The van der Waals surface area contributed by atoms with Crippen LogP contribution in [0.2, 0.25) is 4.47 Å². The lowest BCUT2D eigenvalue weighted by Gasteiger charge is -2.05. The van der Waals surface area contributed by atoms with Crippen molar-refractivity contribution in [2.24, 2.45) is 0 Å². The predicted molar refractivity (Wildman–Crippen MR) is 46.5 cm³/mol. The molecule has 0 bridgehead atoms. The van der Waals surface area contributed by atoms with Gasteiger partial charge in [-0.3, -0.25) is 0 Å². The van der Waals surface area contributed by atoms with Crippen LogP contribution < -0.4 is 0 Å². The van der Waals surface area contributed by atoms with E-state index in [0.717, 1.165) is 10.6 Å². The Balaban J connectivity index is 2.25. The Hall–Kier alpha value is -0.160. The van der Waals surface area contributed by atoms with Gasteiger partial charge in [-0.2, -0.15) is 0 Å². The molecule has 1 aliphatic heterocycles. The molecule has 0 N–H and O–H groups in total. The molecule has 5 heteroatoms. The van der Waals surface area contributed by atoms with Gasteiger partial charge in [0.05, 0.1) is 23.8 Å². The molecule has 1 aromatic rings. The van der Waals surface area contributed by atoms with E-state index in [1.165, 1.54) is 11.3 Å². The van der Waals surface area contributed by atoms with Gasteiger partial charge in [-0.25, -0.2) is 4.98 Å². The summed E-state index contributed by atoms with van der Waals surface area (Å²) in [5, 5.41) is 0. The number of ether oxygens (including phenoxy) is 2. The van der Waals surface area contributed by atoms with Gasteiger partial charge in [-0.1, -0.05) is 11.6 Å². The lowest BCUT2D eigenvalue weighted by atomic mass is 10.4. The Morgan fingerprint density at radius 3 is 2.67 bits per heavy atom. The van der Waals surface area contributed by atoms with Crippen LogP contribution in [-0.2, 0) is 9.47 Å². The molecule has 0 amide bonds. The summed E-state index contributed by atoms with van der Waals surface area (Å²) in [4.78, 5) is 5.06. The highest BCUT2D eigenvalue weighted by Gasteiger charge is 2.23. The molecule has 1 fully saturated rings. The zero-order chi connectivity index (χ0) is 8.55. The van der Waals surface area contributed by atoms with Crippen molar-refractivity contribution in [1.29, 1.82) is 0 Å². The smallest absolute Gasteiger partial charge is 0.195 e. The molecule has 2 heterocycles. The van der Waals surface area contributed by atoms with Gasteiger partial charge in [-0.15, -0.1) is 11.3 Å². The normalized spacial score (nSPS) is 18.8. The Bertz CT molecular complexity index is 283. The number of halogens is 1. The molecule has 0 radical (unpaired) electrons. The van der Waals surface area contributed by atoms with Crippen molar-refractivity contribution in [3.63, 3.8) is 0 Å². The van der Waals surface area contributed by atoms with Crippen LogP contribution in [0.25, 0.3) is 0 Å². The minimum atomic E-state index is -0.241. The maximum Gasteiger partial charge on any atom is 0.195 e. The molecule has 0 spiro atoms. The van der Waals surface area contributed by atoms with Crippen molar-refractivity contribution in [1.82, 2.24) is 4.98 Å². The molecular formula is C7H8ClNO2S. The SMILES string of the molecule is Cc1nc(Cl)sc1C1OCCO1. The fourth-order valence-corrected chi connectivity index (χ4v) is 2.27. The Kier molecular flexibility index (Phi) is 2.32. The van der Waals surface area contributed by atoms with E-state index >= 15 is 0 Å². The summed E-state index contributed by atoms with van der Waals surface area (Å²) in [7, 11) is 0. The van der Waals surface area contributed by atoms with E-state index in [1.807, 2.05) is 6.92 Å². The van der Waals surface area contributed by atoms with E-state index in [4.69, 9.17) is 21.1 Å².